The summed E-state index contributed by atoms with van der Waals surface area (Å²) < 4.78 is 5.62. The summed E-state index contributed by atoms with van der Waals surface area (Å²) in [5.41, 5.74) is 2.66. The Balaban J connectivity index is 1.89. The molecule has 0 aliphatic rings. The van der Waals surface area contributed by atoms with Gasteiger partial charge in [0.05, 0.1) is 0 Å². The molecule has 144 valence electrons. The van der Waals surface area contributed by atoms with Crippen molar-refractivity contribution in [3.05, 3.63) is 65.2 Å². The Morgan fingerprint density at radius 2 is 1.71 bits per heavy atom. The molecule has 28 heavy (non-hydrogen) atoms. The Labute approximate surface area is 163 Å². The van der Waals surface area contributed by atoms with Crippen molar-refractivity contribution in [3.8, 4) is 0 Å². The maximum atomic E-state index is 12.6. The van der Waals surface area contributed by atoms with Crippen molar-refractivity contribution in [1.29, 1.82) is 5.41 Å². The van der Waals surface area contributed by atoms with Crippen molar-refractivity contribution >= 4 is 34.0 Å². The van der Waals surface area contributed by atoms with Crippen LogP contribution in [0.25, 0.3) is 11.0 Å². The van der Waals surface area contributed by atoms with Gasteiger partial charge in [0.2, 0.25) is 5.55 Å². The lowest BCUT2D eigenvalue weighted by molar-refractivity contribution is 0.101. The van der Waals surface area contributed by atoms with E-state index in [2.05, 4.69) is 24.1 Å². The molecule has 6 nitrogen and oxygen atoms in total. The highest BCUT2D eigenvalue weighted by Gasteiger charge is 2.13. The van der Waals surface area contributed by atoms with E-state index in [4.69, 9.17) is 9.83 Å². The molecule has 0 saturated carbocycles. The van der Waals surface area contributed by atoms with Crippen LogP contribution in [0.2, 0.25) is 0 Å². The molecule has 1 amide bonds. The standard InChI is InChI=1S/C22H23N3O3/c1-4-25(5-2)18-11-8-16-12-19(21(23)28-20(16)13-18)22(27)24-17-9-6-15(7-10-17)14(3)26/h6-13,23H,4-5H2,1-3H3,(H,24,27). The number of amides is 1. The number of hydrogen-bond donors (Lipinski definition) is 2. The van der Waals surface area contributed by atoms with Crippen LogP contribution in [0.5, 0.6) is 0 Å². The maximum Gasteiger partial charge on any atom is 0.261 e. The zero-order valence-electron chi connectivity index (χ0n) is 16.2. The first-order valence-electron chi connectivity index (χ1n) is 9.22. The van der Waals surface area contributed by atoms with E-state index in [1.54, 1.807) is 30.3 Å². The summed E-state index contributed by atoms with van der Waals surface area (Å²) in [4.78, 5) is 26.1. The van der Waals surface area contributed by atoms with Crippen LogP contribution >= 0.6 is 0 Å². The van der Waals surface area contributed by atoms with Gasteiger partial charge in [-0.3, -0.25) is 15.0 Å². The number of anilines is 2. The third-order valence-corrected chi connectivity index (χ3v) is 4.68. The van der Waals surface area contributed by atoms with Crippen LogP contribution in [0.4, 0.5) is 11.4 Å². The average Bonchev–Trinajstić information content (AvgIpc) is 2.68. The number of Topliss-reactive ketones (excluding diaryl/α,β-unsaturated/α-hetero) is 1. The number of benzene rings is 2. The van der Waals surface area contributed by atoms with Crippen molar-refractivity contribution in [1.82, 2.24) is 0 Å². The molecular weight excluding hydrogens is 354 g/mol. The summed E-state index contributed by atoms with van der Waals surface area (Å²) in [5, 5.41) is 11.6. The maximum absolute atomic E-state index is 12.6. The van der Waals surface area contributed by atoms with E-state index in [1.165, 1.54) is 6.92 Å². The van der Waals surface area contributed by atoms with E-state index in [1.807, 2.05) is 18.2 Å². The lowest BCUT2D eigenvalue weighted by atomic mass is 10.1. The van der Waals surface area contributed by atoms with Crippen LogP contribution < -0.4 is 15.8 Å². The van der Waals surface area contributed by atoms with Crippen LogP contribution in [-0.2, 0) is 0 Å². The fourth-order valence-corrected chi connectivity index (χ4v) is 3.06. The second-order valence-corrected chi connectivity index (χ2v) is 6.47. The predicted molar refractivity (Wildman–Crippen MR) is 110 cm³/mol. The molecule has 1 aromatic heterocycles. The Morgan fingerprint density at radius 3 is 2.32 bits per heavy atom. The zero-order valence-corrected chi connectivity index (χ0v) is 16.2. The zero-order chi connectivity index (χ0) is 20.3. The van der Waals surface area contributed by atoms with Crippen LogP contribution in [0, 0.1) is 5.41 Å². The highest BCUT2D eigenvalue weighted by atomic mass is 16.3. The fourth-order valence-electron chi connectivity index (χ4n) is 3.06. The van der Waals surface area contributed by atoms with Gasteiger partial charge in [-0.1, -0.05) is 0 Å². The fraction of sp³-hybridized carbons (Fsp3) is 0.227. The van der Waals surface area contributed by atoms with Gasteiger partial charge in [0.1, 0.15) is 11.1 Å². The molecule has 3 aromatic rings. The first-order chi connectivity index (χ1) is 13.4. The van der Waals surface area contributed by atoms with E-state index in [0.717, 1.165) is 24.2 Å². The van der Waals surface area contributed by atoms with Gasteiger partial charge in [0.25, 0.3) is 5.91 Å². The van der Waals surface area contributed by atoms with Crippen molar-refractivity contribution < 1.29 is 14.0 Å². The molecule has 3 rings (SSSR count). The second-order valence-electron chi connectivity index (χ2n) is 6.47. The lowest BCUT2D eigenvalue weighted by Crippen LogP contribution is -2.22. The number of ketones is 1. The first-order valence-corrected chi connectivity index (χ1v) is 9.22. The van der Waals surface area contributed by atoms with Crippen molar-refractivity contribution in [2.45, 2.75) is 20.8 Å². The molecule has 2 N–H and O–H groups in total. The van der Waals surface area contributed by atoms with E-state index in [-0.39, 0.29) is 16.9 Å². The molecule has 0 aliphatic carbocycles. The van der Waals surface area contributed by atoms with Crippen LogP contribution in [-0.4, -0.2) is 24.8 Å². The number of rotatable bonds is 6. The summed E-state index contributed by atoms with van der Waals surface area (Å²) in [7, 11) is 0. The van der Waals surface area contributed by atoms with Crippen molar-refractivity contribution in [2.75, 3.05) is 23.3 Å². The molecule has 0 saturated heterocycles. The number of carbonyl (C=O) groups is 2. The Bertz CT molecular complexity index is 1080. The Hall–Kier alpha value is -3.41. The van der Waals surface area contributed by atoms with E-state index in [9.17, 15) is 9.59 Å². The first kappa shape index (κ1) is 19.4. The van der Waals surface area contributed by atoms with Gasteiger partial charge in [-0.25, -0.2) is 0 Å². The quantitative estimate of drug-likeness (QED) is 0.630. The molecule has 0 unspecified atom stereocenters. The predicted octanol–water partition coefficient (Wildman–Crippen LogP) is 4.21. The summed E-state index contributed by atoms with van der Waals surface area (Å²) in [5.74, 6) is -0.470. The number of hydrogen-bond acceptors (Lipinski definition) is 5. The van der Waals surface area contributed by atoms with E-state index in [0.29, 0.717) is 16.8 Å². The van der Waals surface area contributed by atoms with Gasteiger partial charge in [-0.2, -0.15) is 0 Å². The summed E-state index contributed by atoms with van der Waals surface area (Å²) in [6.45, 7) is 7.40. The number of nitrogens with zero attached hydrogens (tertiary/aromatic N) is 1. The molecule has 0 spiro atoms. The van der Waals surface area contributed by atoms with E-state index >= 15 is 0 Å². The van der Waals surface area contributed by atoms with Crippen LogP contribution in [0.1, 0.15) is 41.5 Å². The monoisotopic (exact) mass is 377 g/mol. The lowest BCUT2D eigenvalue weighted by Gasteiger charge is -2.21. The molecular formula is C22H23N3O3. The molecule has 0 bridgehead atoms. The largest absolute Gasteiger partial charge is 0.438 e. The molecule has 0 fully saturated rings. The van der Waals surface area contributed by atoms with Gasteiger partial charge in [0.15, 0.2) is 5.78 Å². The Morgan fingerprint density at radius 1 is 1.04 bits per heavy atom. The highest BCUT2D eigenvalue weighted by Crippen LogP contribution is 2.22. The topological polar surface area (TPSA) is 86.4 Å². The normalized spacial score (nSPS) is 10.7. The van der Waals surface area contributed by atoms with Gasteiger partial charge in [0, 0.05) is 41.5 Å². The summed E-state index contributed by atoms with van der Waals surface area (Å²) in [6, 6.07) is 14.0. The van der Waals surface area contributed by atoms with Crippen LogP contribution in [0.3, 0.4) is 0 Å². The van der Waals surface area contributed by atoms with Crippen molar-refractivity contribution in [3.63, 3.8) is 0 Å². The molecule has 6 heteroatoms. The number of fused-ring (bicyclic) bond motifs is 1. The minimum absolute atomic E-state index is 0.0382. The molecule has 0 atom stereocenters. The van der Waals surface area contributed by atoms with Gasteiger partial charge >= 0.3 is 0 Å². The third kappa shape index (κ3) is 3.96. The summed E-state index contributed by atoms with van der Waals surface area (Å²) in [6.07, 6.45) is 0. The van der Waals surface area contributed by atoms with Crippen LogP contribution in [0.15, 0.2) is 52.9 Å². The molecule has 1 heterocycles. The average molecular weight is 377 g/mol. The highest BCUT2D eigenvalue weighted by molar-refractivity contribution is 6.05. The van der Waals surface area contributed by atoms with Gasteiger partial charge in [-0.15, -0.1) is 0 Å². The molecule has 0 aliphatic heterocycles. The smallest absolute Gasteiger partial charge is 0.261 e. The summed E-state index contributed by atoms with van der Waals surface area (Å²) >= 11 is 0. The van der Waals surface area contributed by atoms with Gasteiger partial charge in [-0.05, 0) is 63.2 Å². The second kappa shape index (κ2) is 8.08. The third-order valence-electron chi connectivity index (χ3n) is 4.68. The molecule has 0 radical (unpaired) electrons. The Kier molecular flexibility index (Phi) is 5.59. The SMILES string of the molecule is CCN(CC)c1ccc2cc(C(=O)Nc3ccc(C(C)=O)cc3)c(=N)oc2c1. The van der Waals surface area contributed by atoms with E-state index < -0.39 is 5.91 Å². The number of carbonyl (C=O) groups excluding carboxylic acids is 2. The minimum atomic E-state index is -0.431. The van der Waals surface area contributed by atoms with Crippen molar-refractivity contribution in [2.24, 2.45) is 0 Å². The van der Waals surface area contributed by atoms with Gasteiger partial charge < -0.3 is 14.6 Å². The minimum Gasteiger partial charge on any atom is -0.438 e. The molecule has 2 aromatic carbocycles. The number of nitrogens with one attached hydrogen (secondary N) is 2.